The van der Waals surface area contributed by atoms with Gasteiger partial charge in [0.15, 0.2) is 6.61 Å². The van der Waals surface area contributed by atoms with Gasteiger partial charge in [0.1, 0.15) is 5.75 Å². The summed E-state index contributed by atoms with van der Waals surface area (Å²) < 4.78 is 16.1. The molecule has 1 fully saturated rings. The fourth-order valence-corrected chi connectivity index (χ4v) is 1.89. The molecular weight excluding hydrogens is 260 g/mol. The Bertz CT molecular complexity index is 433. The van der Waals surface area contributed by atoms with Gasteiger partial charge in [-0.15, -0.1) is 0 Å². The zero-order valence-electron chi connectivity index (χ0n) is 11.3. The number of nitrogens with one attached hydrogen (secondary N) is 1. The molecule has 1 aliphatic heterocycles. The molecule has 0 saturated carbocycles. The monoisotopic (exact) mass is 280 g/mol. The highest BCUT2D eigenvalue weighted by Gasteiger charge is 2.15. The summed E-state index contributed by atoms with van der Waals surface area (Å²) in [5.41, 5.74) is 6.48. The number of hydrogen-bond donors (Lipinski definition) is 2. The Balaban J connectivity index is 1.71. The number of benzene rings is 1. The van der Waals surface area contributed by atoms with E-state index in [1.54, 1.807) is 6.07 Å². The molecule has 0 spiro atoms. The van der Waals surface area contributed by atoms with E-state index in [-0.39, 0.29) is 18.6 Å². The zero-order chi connectivity index (χ0) is 14.2. The molecule has 1 amide bonds. The first-order chi connectivity index (χ1) is 9.79. The number of hydrogen-bond acceptors (Lipinski definition) is 5. The highest BCUT2D eigenvalue weighted by Crippen LogP contribution is 2.16. The van der Waals surface area contributed by atoms with Gasteiger partial charge < -0.3 is 25.3 Å². The number of amides is 1. The molecule has 1 heterocycles. The average Bonchev–Trinajstić information content (AvgIpc) is 2.52. The van der Waals surface area contributed by atoms with Crippen molar-refractivity contribution in [3.8, 4) is 5.75 Å². The molecule has 1 aliphatic rings. The van der Waals surface area contributed by atoms with Crippen molar-refractivity contribution in [2.75, 3.05) is 33.0 Å². The predicted molar refractivity (Wildman–Crippen MR) is 73.4 cm³/mol. The van der Waals surface area contributed by atoms with Crippen LogP contribution in [0, 0.1) is 0 Å². The number of ether oxygens (including phenoxy) is 3. The highest BCUT2D eigenvalue weighted by molar-refractivity contribution is 5.77. The minimum absolute atomic E-state index is 0.0371. The van der Waals surface area contributed by atoms with Crippen LogP contribution in [0.15, 0.2) is 24.3 Å². The Kier molecular flexibility index (Phi) is 5.79. The normalized spacial score (nSPS) is 18.6. The van der Waals surface area contributed by atoms with E-state index in [1.807, 2.05) is 18.2 Å². The molecule has 1 aromatic rings. The second-order valence-electron chi connectivity index (χ2n) is 4.47. The number of para-hydroxylation sites is 1. The van der Waals surface area contributed by atoms with Gasteiger partial charge in [-0.2, -0.15) is 0 Å². The third kappa shape index (κ3) is 4.48. The van der Waals surface area contributed by atoms with E-state index in [1.165, 1.54) is 0 Å². The summed E-state index contributed by atoms with van der Waals surface area (Å²) in [4.78, 5) is 11.7. The van der Waals surface area contributed by atoms with Crippen LogP contribution in [0.4, 0.5) is 0 Å². The quantitative estimate of drug-likeness (QED) is 0.769. The van der Waals surface area contributed by atoms with Gasteiger partial charge in [-0.25, -0.2) is 0 Å². The molecule has 0 radical (unpaired) electrons. The molecule has 0 bridgehead atoms. The number of rotatable bonds is 6. The van der Waals surface area contributed by atoms with E-state index >= 15 is 0 Å². The summed E-state index contributed by atoms with van der Waals surface area (Å²) in [6, 6.07) is 7.41. The lowest BCUT2D eigenvalue weighted by atomic mass is 10.2. The van der Waals surface area contributed by atoms with Gasteiger partial charge in [-0.1, -0.05) is 18.2 Å². The summed E-state index contributed by atoms with van der Waals surface area (Å²) in [6.45, 7) is 2.47. The smallest absolute Gasteiger partial charge is 0.258 e. The fourth-order valence-electron chi connectivity index (χ4n) is 1.89. The maximum atomic E-state index is 11.7. The van der Waals surface area contributed by atoms with Crippen molar-refractivity contribution in [2.24, 2.45) is 5.73 Å². The summed E-state index contributed by atoms with van der Waals surface area (Å²) in [5, 5.41) is 2.76. The van der Waals surface area contributed by atoms with Crippen LogP contribution in [0.3, 0.4) is 0 Å². The van der Waals surface area contributed by atoms with Crippen LogP contribution >= 0.6 is 0 Å². The van der Waals surface area contributed by atoms with E-state index in [9.17, 15) is 4.79 Å². The molecule has 20 heavy (non-hydrogen) atoms. The molecule has 6 heteroatoms. The number of nitrogens with two attached hydrogens (primary N) is 1. The van der Waals surface area contributed by atoms with Crippen molar-refractivity contribution in [1.82, 2.24) is 5.32 Å². The molecule has 110 valence electrons. The van der Waals surface area contributed by atoms with Gasteiger partial charge in [0.25, 0.3) is 5.91 Å². The van der Waals surface area contributed by atoms with E-state index in [0.29, 0.717) is 38.7 Å². The summed E-state index contributed by atoms with van der Waals surface area (Å²) in [7, 11) is 0. The average molecular weight is 280 g/mol. The van der Waals surface area contributed by atoms with Gasteiger partial charge in [0.05, 0.1) is 25.9 Å². The summed E-state index contributed by atoms with van der Waals surface area (Å²) in [5.74, 6) is 0.452. The molecule has 1 unspecified atom stereocenters. The fraction of sp³-hybridized carbons (Fsp3) is 0.500. The summed E-state index contributed by atoms with van der Waals surface area (Å²) >= 11 is 0. The van der Waals surface area contributed by atoms with Crippen LogP contribution in [0.1, 0.15) is 5.56 Å². The Morgan fingerprint density at radius 1 is 1.40 bits per heavy atom. The topological polar surface area (TPSA) is 82.8 Å². The van der Waals surface area contributed by atoms with E-state index < -0.39 is 0 Å². The molecule has 0 aromatic heterocycles. The maximum absolute atomic E-state index is 11.7. The molecule has 0 aliphatic carbocycles. The second-order valence-corrected chi connectivity index (χ2v) is 4.47. The van der Waals surface area contributed by atoms with Gasteiger partial charge >= 0.3 is 0 Å². The lowest BCUT2D eigenvalue weighted by molar-refractivity contribution is -0.125. The van der Waals surface area contributed by atoms with Gasteiger partial charge in [0, 0.05) is 18.7 Å². The van der Waals surface area contributed by atoms with E-state index in [2.05, 4.69) is 5.32 Å². The predicted octanol–water partition coefficient (Wildman–Crippen LogP) is 0.0557. The van der Waals surface area contributed by atoms with E-state index in [4.69, 9.17) is 19.9 Å². The van der Waals surface area contributed by atoms with Crippen LogP contribution in [-0.4, -0.2) is 45.0 Å². The lowest BCUT2D eigenvalue weighted by Gasteiger charge is -2.23. The van der Waals surface area contributed by atoms with E-state index in [0.717, 1.165) is 5.56 Å². The molecule has 6 nitrogen and oxygen atoms in total. The van der Waals surface area contributed by atoms with Crippen molar-refractivity contribution in [3.05, 3.63) is 29.8 Å². The molecule has 3 N–H and O–H groups in total. The Morgan fingerprint density at radius 2 is 2.25 bits per heavy atom. The van der Waals surface area contributed by atoms with Crippen LogP contribution in [0.25, 0.3) is 0 Å². The van der Waals surface area contributed by atoms with Crippen molar-refractivity contribution in [2.45, 2.75) is 12.6 Å². The zero-order valence-corrected chi connectivity index (χ0v) is 11.3. The second kappa shape index (κ2) is 7.84. The van der Waals surface area contributed by atoms with Crippen LogP contribution in [-0.2, 0) is 20.8 Å². The van der Waals surface area contributed by atoms with Gasteiger partial charge in [-0.05, 0) is 6.07 Å². The molecule has 1 saturated heterocycles. The van der Waals surface area contributed by atoms with Crippen LogP contribution in [0.5, 0.6) is 5.75 Å². The van der Waals surface area contributed by atoms with Gasteiger partial charge in [0.2, 0.25) is 0 Å². The highest BCUT2D eigenvalue weighted by atomic mass is 16.6. The third-order valence-electron chi connectivity index (χ3n) is 2.96. The number of carbonyl (C=O) groups is 1. The molecule has 2 rings (SSSR count). The Labute approximate surface area is 118 Å². The molecular formula is C14H20N2O4. The summed E-state index contributed by atoms with van der Waals surface area (Å²) in [6.07, 6.45) is -0.0796. The standard InChI is InChI=1S/C14H20N2O4/c15-7-11-3-1-2-4-13(11)20-10-14(17)16-8-12-9-18-5-6-19-12/h1-4,12H,5-10,15H2,(H,16,17). The van der Waals surface area contributed by atoms with Crippen LogP contribution < -0.4 is 15.8 Å². The first-order valence-electron chi connectivity index (χ1n) is 6.66. The van der Waals surface area contributed by atoms with Crippen molar-refractivity contribution >= 4 is 5.91 Å². The largest absolute Gasteiger partial charge is 0.483 e. The van der Waals surface area contributed by atoms with Crippen molar-refractivity contribution in [3.63, 3.8) is 0 Å². The van der Waals surface area contributed by atoms with Crippen molar-refractivity contribution < 1.29 is 19.0 Å². The SMILES string of the molecule is NCc1ccccc1OCC(=O)NCC1COCCO1. The third-order valence-corrected chi connectivity index (χ3v) is 2.96. The Morgan fingerprint density at radius 3 is 3.00 bits per heavy atom. The van der Waals surface area contributed by atoms with Crippen LogP contribution in [0.2, 0.25) is 0 Å². The molecule has 1 aromatic carbocycles. The molecule has 1 atom stereocenters. The lowest BCUT2D eigenvalue weighted by Crippen LogP contribution is -2.41. The Hall–Kier alpha value is -1.63. The van der Waals surface area contributed by atoms with Crippen molar-refractivity contribution in [1.29, 1.82) is 0 Å². The first-order valence-corrected chi connectivity index (χ1v) is 6.66. The number of carbonyl (C=O) groups excluding carboxylic acids is 1. The minimum Gasteiger partial charge on any atom is -0.483 e. The van der Waals surface area contributed by atoms with Gasteiger partial charge in [-0.3, -0.25) is 4.79 Å². The first kappa shape index (κ1) is 14.8. The maximum Gasteiger partial charge on any atom is 0.258 e. The minimum atomic E-state index is -0.189.